The van der Waals surface area contributed by atoms with E-state index < -0.39 is 28.3 Å². The van der Waals surface area contributed by atoms with Gasteiger partial charge >= 0.3 is 12.1 Å². The number of hydrogen-bond donors (Lipinski definition) is 0. The highest BCUT2D eigenvalue weighted by Crippen LogP contribution is 2.38. The van der Waals surface area contributed by atoms with Gasteiger partial charge in [0.1, 0.15) is 17.0 Å². The Hall–Kier alpha value is -2.91. The Balaban J connectivity index is 2.70. The Morgan fingerprint density at radius 2 is 2.04 bits per heavy atom. The molecule has 2 rings (SSSR count). The van der Waals surface area contributed by atoms with E-state index in [0.29, 0.717) is 12.1 Å². The number of esters is 1. The van der Waals surface area contributed by atoms with Crippen molar-refractivity contribution in [3.63, 3.8) is 0 Å². The lowest BCUT2D eigenvalue weighted by Crippen LogP contribution is -2.07. The molecule has 1 aromatic heterocycles. The number of benzene rings is 1. The molecule has 0 amide bonds. The Morgan fingerprint density at radius 3 is 2.57 bits per heavy atom. The topological polar surface area (TPSA) is 95.5 Å². The largest absolute Gasteiger partial charge is 0.465 e. The lowest BCUT2D eigenvalue weighted by molar-refractivity contribution is -0.384. The summed E-state index contributed by atoms with van der Waals surface area (Å²) in [6.45, 7) is 1.37. The standard InChI is InChI=1S/C13H9F3N2O5/c1-6-10(12(19)22-2)11(17-23-6)8-4-3-7(13(14,15)16)5-9(8)18(20)21/h3-5H,1-2H3. The first-order valence-electron chi connectivity index (χ1n) is 6.07. The van der Waals surface area contributed by atoms with Crippen molar-refractivity contribution in [2.75, 3.05) is 7.11 Å². The molecule has 0 N–H and O–H groups in total. The Labute approximate surface area is 126 Å². The minimum Gasteiger partial charge on any atom is -0.465 e. The highest BCUT2D eigenvalue weighted by atomic mass is 19.4. The number of alkyl halides is 3. The third-order valence-corrected chi connectivity index (χ3v) is 3.03. The van der Waals surface area contributed by atoms with Gasteiger partial charge in [-0.15, -0.1) is 0 Å². The lowest BCUT2D eigenvalue weighted by atomic mass is 10.0. The van der Waals surface area contributed by atoms with Gasteiger partial charge in [0.25, 0.3) is 5.69 Å². The third-order valence-electron chi connectivity index (χ3n) is 3.03. The summed E-state index contributed by atoms with van der Waals surface area (Å²) in [5.41, 5.74) is -2.75. The predicted molar refractivity (Wildman–Crippen MR) is 69.7 cm³/mol. The number of nitro benzene ring substituents is 1. The average molecular weight is 330 g/mol. The molecule has 0 spiro atoms. The number of carbonyl (C=O) groups is 1. The third kappa shape index (κ3) is 3.00. The van der Waals surface area contributed by atoms with Gasteiger partial charge in [-0.25, -0.2) is 4.79 Å². The normalized spacial score (nSPS) is 11.3. The summed E-state index contributed by atoms with van der Waals surface area (Å²) in [4.78, 5) is 21.8. The maximum Gasteiger partial charge on any atom is 0.416 e. The second-order valence-corrected chi connectivity index (χ2v) is 4.44. The van der Waals surface area contributed by atoms with Crippen molar-refractivity contribution in [2.45, 2.75) is 13.1 Å². The summed E-state index contributed by atoms with van der Waals surface area (Å²) in [7, 11) is 1.08. The van der Waals surface area contributed by atoms with Crippen LogP contribution in [0.15, 0.2) is 22.7 Å². The SMILES string of the molecule is COC(=O)c1c(-c2ccc(C(F)(F)F)cc2[N+](=O)[O-])noc1C. The number of rotatable bonds is 3. The molecule has 122 valence electrons. The van der Waals surface area contributed by atoms with E-state index in [9.17, 15) is 28.1 Å². The van der Waals surface area contributed by atoms with Gasteiger partial charge in [-0.3, -0.25) is 10.1 Å². The van der Waals surface area contributed by atoms with Crippen molar-refractivity contribution >= 4 is 11.7 Å². The molecule has 0 aliphatic rings. The number of ether oxygens (including phenoxy) is 1. The van der Waals surface area contributed by atoms with E-state index in [0.717, 1.165) is 13.2 Å². The number of hydrogen-bond acceptors (Lipinski definition) is 6. The number of nitro groups is 1. The first-order valence-corrected chi connectivity index (χ1v) is 6.07. The second-order valence-electron chi connectivity index (χ2n) is 4.44. The van der Waals surface area contributed by atoms with Crippen LogP contribution in [-0.4, -0.2) is 23.2 Å². The fourth-order valence-corrected chi connectivity index (χ4v) is 1.96. The minimum atomic E-state index is -4.74. The van der Waals surface area contributed by atoms with Gasteiger partial charge in [-0.1, -0.05) is 5.16 Å². The number of halogens is 3. The van der Waals surface area contributed by atoms with Crippen LogP contribution in [0, 0.1) is 17.0 Å². The van der Waals surface area contributed by atoms with Crippen molar-refractivity contribution in [1.82, 2.24) is 5.16 Å². The molecule has 0 saturated carbocycles. The first-order chi connectivity index (χ1) is 10.7. The summed E-state index contributed by atoms with van der Waals surface area (Å²) in [5, 5.41) is 14.6. The monoisotopic (exact) mass is 330 g/mol. The molecule has 0 bridgehead atoms. The minimum absolute atomic E-state index is 0.0287. The molecule has 0 aliphatic heterocycles. The molecule has 0 atom stereocenters. The van der Waals surface area contributed by atoms with E-state index in [4.69, 9.17) is 4.52 Å². The zero-order chi connectivity index (χ0) is 17.4. The predicted octanol–water partition coefficient (Wildman–Crippen LogP) is 3.36. The maximum atomic E-state index is 12.7. The highest BCUT2D eigenvalue weighted by molar-refractivity contribution is 5.98. The molecular formula is C13H9F3N2O5. The number of nitrogens with zero attached hydrogens (tertiary/aromatic N) is 2. The van der Waals surface area contributed by atoms with Gasteiger partial charge in [-0.05, 0) is 19.1 Å². The number of carbonyl (C=O) groups excluding carboxylic acids is 1. The van der Waals surface area contributed by atoms with Gasteiger partial charge in [0, 0.05) is 6.07 Å². The van der Waals surface area contributed by atoms with Crippen LogP contribution in [0.1, 0.15) is 21.7 Å². The molecular weight excluding hydrogens is 321 g/mol. The molecule has 2 aromatic rings. The zero-order valence-electron chi connectivity index (χ0n) is 11.8. The van der Waals surface area contributed by atoms with Crippen LogP contribution in [-0.2, 0) is 10.9 Å². The lowest BCUT2D eigenvalue weighted by Gasteiger charge is -2.08. The summed E-state index contributed by atoms with van der Waals surface area (Å²) < 4.78 is 47.4. The molecule has 0 unspecified atom stereocenters. The van der Waals surface area contributed by atoms with Crippen molar-refractivity contribution in [3.05, 3.63) is 45.2 Å². The van der Waals surface area contributed by atoms with E-state index in [-0.39, 0.29) is 22.6 Å². The Bertz CT molecular complexity index is 782. The fraction of sp³-hybridized carbons (Fsp3) is 0.231. The van der Waals surface area contributed by atoms with E-state index in [1.54, 1.807) is 0 Å². The van der Waals surface area contributed by atoms with E-state index in [1.165, 1.54) is 6.92 Å². The molecule has 23 heavy (non-hydrogen) atoms. The summed E-state index contributed by atoms with van der Waals surface area (Å²) in [6, 6.07) is 1.90. The van der Waals surface area contributed by atoms with Crippen LogP contribution in [0.3, 0.4) is 0 Å². The number of aryl methyl sites for hydroxylation is 1. The highest BCUT2D eigenvalue weighted by Gasteiger charge is 2.35. The van der Waals surface area contributed by atoms with Crippen LogP contribution >= 0.6 is 0 Å². The maximum absolute atomic E-state index is 12.7. The average Bonchev–Trinajstić information content (AvgIpc) is 2.86. The first kappa shape index (κ1) is 16.5. The number of aromatic nitrogens is 1. The van der Waals surface area contributed by atoms with Gasteiger partial charge < -0.3 is 9.26 Å². The van der Waals surface area contributed by atoms with Crippen molar-refractivity contribution in [1.29, 1.82) is 0 Å². The van der Waals surface area contributed by atoms with Crippen molar-refractivity contribution in [3.8, 4) is 11.3 Å². The van der Waals surface area contributed by atoms with E-state index >= 15 is 0 Å². The quantitative estimate of drug-likeness (QED) is 0.486. The van der Waals surface area contributed by atoms with Crippen LogP contribution in [0.4, 0.5) is 18.9 Å². The smallest absolute Gasteiger partial charge is 0.416 e. The Morgan fingerprint density at radius 1 is 1.39 bits per heavy atom. The molecule has 7 nitrogen and oxygen atoms in total. The molecule has 1 heterocycles. The molecule has 10 heteroatoms. The molecule has 0 radical (unpaired) electrons. The summed E-state index contributed by atoms with van der Waals surface area (Å²) in [5.74, 6) is -0.839. The molecule has 0 saturated heterocycles. The van der Waals surface area contributed by atoms with E-state index in [2.05, 4.69) is 9.89 Å². The van der Waals surface area contributed by atoms with Gasteiger partial charge in [0.05, 0.1) is 23.2 Å². The van der Waals surface area contributed by atoms with Crippen LogP contribution < -0.4 is 0 Å². The zero-order valence-corrected chi connectivity index (χ0v) is 11.8. The van der Waals surface area contributed by atoms with Crippen LogP contribution in [0.25, 0.3) is 11.3 Å². The summed E-state index contributed by atoms with van der Waals surface area (Å²) >= 11 is 0. The van der Waals surface area contributed by atoms with Crippen molar-refractivity contribution in [2.24, 2.45) is 0 Å². The fourth-order valence-electron chi connectivity index (χ4n) is 1.96. The second kappa shape index (κ2) is 5.71. The number of methoxy groups -OCH3 is 1. The molecule has 0 aliphatic carbocycles. The van der Waals surface area contributed by atoms with E-state index in [1.807, 2.05) is 0 Å². The summed E-state index contributed by atoms with van der Waals surface area (Å²) in [6.07, 6.45) is -4.74. The molecule has 1 aromatic carbocycles. The van der Waals surface area contributed by atoms with Gasteiger partial charge in [0.2, 0.25) is 0 Å². The van der Waals surface area contributed by atoms with Crippen LogP contribution in [0.2, 0.25) is 0 Å². The Kier molecular flexibility index (Phi) is 4.08. The van der Waals surface area contributed by atoms with Gasteiger partial charge in [0.15, 0.2) is 0 Å². The molecule has 0 fully saturated rings. The van der Waals surface area contributed by atoms with Crippen LogP contribution in [0.5, 0.6) is 0 Å². The van der Waals surface area contributed by atoms with Gasteiger partial charge in [-0.2, -0.15) is 13.2 Å². The van der Waals surface area contributed by atoms with Crippen molar-refractivity contribution < 1.29 is 32.1 Å².